The van der Waals surface area contributed by atoms with Gasteiger partial charge >= 0.3 is 0 Å². The van der Waals surface area contributed by atoms with Crippen LogP contribution in [0.3, 0.4) is 0 Å². The Morgan fingerprint density at radius 2 is 2.15 bits per heavy atom. The van der Waals surface area contributed by atoms with Crippen LogP contribution in [-0.2, 0) is 6.61 Å². The molecule has 0 spiro atoms. The zero-order valence-corrected chi connectivity index (χ0v) is 10.5. The number of aliphatic hydroxyl groups excluding tert-OH is 1. The van der Waals surface area contributed by atoms with Crippen LogP contribution in [0.25, 0.3) is 5.65 Å². The topological polar surface area (TPSA) is 86.2 Å². The molecule has 3 rings (SSSR count). The minimum atomic E-state index is -0.0338. The molecule has 6 heteroatoms. The molecule has 6 nitrogen and oxygen atoms in total. The van der Waals surface area contributed by atoms with Crippen molar-refractivity contribution in [2.24, 2.45) is 0 Å². The van der Waals surface area contributed by atoms with Crippen molar-refractivity contribution in [2.75, 3.05) is 5.32 Å². The van der Waals surface area contributed by atoms with Gasteiger partial charge in [0.05, 0.1) is 18.4 Å². The number of aromatic nitrogens is 3. The number of aliphatic hydroxyl groups is 1. The van der Waals surface area contributed by atoms with E-state index in [1.807, 2.05) is 0 Å². The number of anilines is 2. The molecule has 0 radical (unpaired) electrons. The Labute approximate surface area is 115 Å². The molecular formula is C14H11N5O. The standard InChI is InChI=1S/C14H11N5O/c15-6-11-1-2-14-18-13(8-19(14)7-11)17-12-5-10(9-20)3-4-16-12/h1-5,7-8,20H,9H2,(H,16,17). The van der Waals surface area contributed by atoms with Crippen molar-refractivity contribution in [3.8, 4) is 6.07 Å². The quantitative estimate of drug-likeness (QED) is 0.754. The van der Waals surface area contributed by atoms with Crippen molar-refractivity contribution in [1.29, 1.82) is 5.26 Å². The summed E-state index contributed by atoms with van der Waals surface area (Å²) in [6, 6.07) is 9.08. The largest absolute Gasteiger partial charge is 0.392 e. The third-order valence-corrected chi connectivity index (χ3v) is 2.84. The Bertz CT molecular complexity index is 803. The van der Waals surface area contributed by atoms with Gasteiger partial charge in [0.1, 0.15) is 17.5 Å². The molecule has 98 valence electrons. The zero-order chi connectivity index (χ0) is 13.9. The van der Waals surface area contributed by atoms with E-state index in [1.54, 1.807) is 47.3 Å². The first-order valence-corrected chi connectivity index (χ1v) is 6.00. The first-order chi connectivity index (χ1) is 9.78. The van der Waals surface area contributed by atoms with Crippen LogP contribution >= 0.6 is 0 Å². The van der Waals surface area contributed by atoms with Crippen LogP contribution in [0.1, 0.15) is 11.1 Å². The second-order valence-electron chi connectivity index (χ2n) is 4.25. The lowest BCUT2D eigenvalue weighted by Crippen LogP contribution is -1.95. The Kier molecular flexibility index (Phi) is 3.03. The maximum Gasteiger partial charge on any atom is 0.150 e. The predicted molar refractivity (Wildman–Crippen MR) is 73.3 cm³/mol. The molecule has 3 aromatic rings. The number of nitriles is 1. The normalized spacial score (nSPS) is 10.4. The second-order valence-corrected chi connectivity index (χ2v) is 4.25. The maximum atomic E-state index is 9.09. The van der Waals surface area contributed by atoms with Crippen LogP contribution in [0.5, 0.6) is 0 Å². The maximum absolute atomic E-state index is 9.09. The molecule has 0 saturated carbocycles. The van der Waals surface area contributed by atoms with Crippen molar-refractivity contribution < 1.29 is 5.11 Å². The summed E-state index contributed by atoms with van der Waals surface area (Å²) in [4.78, 5) is 8.54. The molecule has 20 heavy (non-hydrogen) atoms. The number of hydrogen-bond acceptors (Lipinski definition) is 5. The van der Waals surface area contributed by atoms with E-state index >= 15 is 0 Å². The van der Waals surface area contributed by atoms with Gasteiger partial charge in [-0.15, -0.1) is 0 Å². The lowest BCUT2D eigenvalue weighted by molar-refractivity contribution is 0.282. The summed E-state index contributed by atoms with van der Waals surface area (Å²) in [5.74, 6) is 1.24. The smallest absolute Gasteiger partial charge is 0.150 e. The summed E-state index contributed by atoms with van der Waals surface area (Å²) >= 11 is 0. The average Bonchev–Trinajstić information content (AvgIpc) is 2.88. The molecule has 0 aliphatic carbocycles. The first-order valence-electron chi connectivity index (χ1n) is 6.00. The molecule has 0 aliphatic heterocycles. The van der Waals surface area contributed by atoms with Gasteiger partial charge in [-0.25, -0.2) is 9.97 Å². The van der Waals surface area contributed by atoms with Gasteiger partial charge in [0.2, 0.25) is 0 Å². The number of pyridine rings is 2. The highest BCUT2D eigenvalue weighted by molar-refractivity contribution is 5.57. The van der Waals surface area contributed by atoms with Crippen LogP contribution in [-0.4, -0.2) is 19.5 Å². The third kappa shape index (κ3) is 2.30. The Balaban J connectivity index is 1.92. The Morgan fingerprint density at radius 1 is 1.25 bits per heavy atom. The van der Waals surface area contributed by atoms with Gasteiger partial charge in [-0.1, -0.05) is 0 Å². The number of nitrogens with one attached hydrogen (secondary N) is 1. The third-order valence-electron chi connectivity index (χ3n) is 2.84. The average molecular weight is 265 g/mol. The van der Waals surface area contributed by atoms with Crippen LogP contribution in [0, 0.1) is 11.3 Å². The van der Waals surface area contributed by atoms with E-state index in [0.29, 0.717) is 17.2 Å². The fourth-order valence-electron chi connectivity index (χ4n) is 1.89. The number of nitrogens with zero attached hydrogens (tertiary/aromatic N) is 4. The van der Waals surface area contributed by atoms with Crippen LogP contribution in [0.2, 0.25) is 0 Å². The van der Waals surface area contributed by atoms with Crippen molar-refractivity contribution in [3.05, 3.63) is 54.0 Å². The van der Waals surface area contributed by atoms with Gasteiger partial charge in [0.25, 0.3) is 0 Å². The highest BCUT2D eigenvalue weighted by atomic mass is 16.3. The number of imidazole rings is 1. The van der Waals surface area contributed by atoms with Gasteiger partial charge in [0, 0.05) is 12.4 Å². The molecule has 0 aromatic carbocycles. The van der Waals surface area contributed by atoms with E-state index in [9.17, 15) is 0 Å². The highest BCUT2D eigenvalue weighted by Gasteiger charge is 2.04. The van der Waals surface area contributed by atoms with Crippen LogP contribution in [0.4, 0.5) is 11.6 Å². The SMILES string of the molecule is N#Cc1ccc2nc(Nc3cc(CO)ccn3)cn2c1. The minimum Gasteiger partial charge on any atom is -0.392 e. The van der Waals surface area contributed by atoms with E-state index in [-0.39, 0.29) is 6.61 Å². The van der Waals surface area contributed by atoms with Gasteiger partial charge in [-0.2, -0.15) is 5.26 Å². The summed E-state index contributed by atoms with van der Waals surface area (Å²) < 4.78 is 1.77. The molecule has 0 bridgehead atoms. The van der Waals surface area contributed by atoms with Crippen LogP contribution < -0.4 is 5.32 Å². The van der Waals surface area contributed by atoms with Crippen LogP contribution in [0.15, 0.2) is 42.9 Å². The van der Waals surface area contributed by atoms with Crippen molar-refractivity contribution in [3.63, 3.8) is 0 Å². The molecule has 0 aliphatic rings. The van der Waals surface area contributed by atoms with E-state index in [0.717, 1.165) is 11.2 Å². The first kappa shape index (κ1) is 12.1. The lowest BCUT2D eigenvalue weighted by Gasteiger charge is -2.02. The van der Waals surface area contributed by atoms with Gasteiger partial charge in [-0.05, 0) is 29.8 Å². The van der Waals surface area contributed by atoms with Crippen molar-refractivity contribution in [1.82, 2.24) is 14.4 Å². The molecule has 0 unspecified atom stereocenters. The van der Waals surface area contributed by atoms with E-state index in [2.05, 4.69) is 21.4 Å². The fraction of sp³-hybridized carbons (Fsp3) is 0.0714. The molecule has 0 fully saturated rings. The van der Waals surface area contributed by atoms with Crippen molar-refractivity contribution >= 4 is 17.3 Å². The summed E-state index contributed by atoms with van der Waals surface area (Å²) in [5.41, 5.74) is 2.09. The molecule has 2 N–H and O–H groups in total. The zero-order valence-electron chi connectivity index (χ0n) is 10.5. The van der Waals surface area contributed by atoms with Gasteiger partial charge in [0.15, 0.2) is 5.82 Å². The molecular weight excluding hydrogens is 254 g/mol. The molecule has 3 heterocycles. The number of rotatable bonds is 3. The Morgan fingerprint density at radius 3 is 2.95 bits per heavy atom. The van der Waals surface area contributed by atoms with Gasteiger partial charge < -0.3 is 14.8 Å². The second kappa shape index (κ2) is 4.99. The lowest BCUT2D eigenvalue weighted by atomic mass is 10.3. The summed E-state index contributed by atoms with van der Waals surface area (Å²) in [6.07, 6.45) is 5.12. The number of fused-ring (bicyclic) bond motifs is 1. The van der Waals surface area contributed by atoms with Crippen molar-refractivity contribution in [2.45, 2.75) is 6.61 Å². The molecule has 3 aromatic heterocycles. The minimum absolute atomic E-state index is 0.0338. The summed E-state index contributed by atoms with van der Waals surface area (Å²) in [5, 5.41) is 21.0. The Hall–Kier alpha value is -2.91. The van der Waals surface area contributed by atoms with E-state index in [1.165, 1.54) is 0 Å². The number of hydrogen-bond donors (Lipinski definition) is 2. The summed E-state index contributed by atoms with van der Waals surface area (Å²) in [7, 11) is 0. The highest BCUT2D eigenvalue weighted by Crippen LogP contribution is 2.16. The molecule has 0 saturated heterocycles. The summed E-state index contributed by atoms with van der Waals surface area (Å²) in [6.45, 7) is -0.0338. The molecule has 0 amide bonds. The fourth-order valence-corrected chi connectivity index (χ4v) is 1.89. The van der Waals surface area contributed by atoms with E-state index in [4.69, 9.17) is 10.4 Å². The van der Waals surface area contributed by atoms with Gasteiger partial charge in [-0.3, -0.25) is 0 Å². The predicted octanol–water partition coefficient (Wildman–Crippen LogP) is 1.84. The monoisotopic (exact) mass is 265 g/mol. The molecule has 0 atom stereocenters. The van der Waals surface area contributed by atoms with E-state index < -0.39 is 0 Å².